The predicted octanol–water partition coefficient (Wildman–Crippen LogP) is 3.95. The highest BCUT2D eigenvalue weighted by Gasteiger charge is 2.16. The van der Waals surface area contributed by atoms with E-state index < -0.39 is 12.6 Å². The number of nitrogens with one attached hydrogen (secondary N) is 1. The first-order chi connectivity index (χ1) is 13.4. The van der Waals surface area contributed by atoms with E-state index in [0.717, 1.165) is 0 Å². The van der Waals surface area contributed by atoms with Crippen molar-refractivity contribution in [2.75, 3.05) is 11.9 Å². The summed E-state index contributed by atoms with van der Waals surface area (Å²) in [5, 5.41) is 4.67. The summed E-state index contributed by atoms with van der Waals surface area (Å²) in [7, 11) is 0. The number of ketones is 1. The smallest absolute Gasteiger partial charge is 0.358 e. The Morgan fingerprint density at radius 1 is 1.07 bits per heavy atom. The second kappa shape index (κ2) is 8.53. The van der Waals surface area contributed by atoms with Gasteiger partial charge in [-0.2, -0.15) is 0 Å². The lowest BCUT2D eigenvalue weighted by molar-refractivity contribution is -0.114. The predicted molar refractivity (Wildman–Crippen MR) is 103 cm³/mol. The minimum atomic E-state index is -0.715. The molecule has 1 heterocycles. The lowest BCUT2D eigenvalue weighted by Gasteiger charge is -2.05. The van der Waals surface area contributed by atoms with Crippen LogP contribution < -0.4 is 5.32 Å². The Kier molecular flexibility index (Phi) is 5.90. The van der Waals surface area contributed by atoms with Gasteiger partial charge in [0.1, 0.15) is 10.8 Å². The third kappa shape index (κ3) is 4.86. The highest BCUT2D eigenvalue weighted by atomic mass is 32.1. The first-order valence-corrected chi connectivity index (χ1v) is 9.10. The molecule has 0 aliphatic carbocycles. The van der Waals surface area contributed by atoms with Crippen molar-refractivity contribution in [2.45, 2.75) is 6.92 Å². The van der Waals surface area contributed by atoms with Gasteiger partial charge in [-0.05, 0) is 48.5 Å². The number of hydrogen-bond acceptors (Lipinski definition) is 6. The van der Waals surface area contributed by atoms with Crippen LogP contribution in [0.25, 0.3) is 10.6 Å². The first kappa shape index (κ1) is 19.4. The van der Waals surface area contributed by atoms with Gasteiger partial charge in [-0.15, -0.1) is 11.3 Å². The molecule has 142 valence electrons. The Bertz CT molecular complexity index is 1010. The molecule has 0 fully saturated rings. The molecule has 0 spiro atoms. The van der Waals surface area contributed by atoms with E-state index in [9.17, 15) is 18.8 Å². The number of nitrogens with zero attached hydrogens (tertiary/aromatic N) is 1. The Morgan fingerprint density at radius 3 is 2.39 bits per heavy atom. The number of aromatic nitrogens is 1. The Hall–Kier alpha value is -3.39. The van der Waals surface area contributed by atoms with E-state index >= 15 is 0 Å². The molecule has 0 bridgehead atoms. The van der Waals surface area contributed by atoms with Gasteiger partial charge >= 0.3 is 5.97 Å². The van der Waals surface area contributed by atoms with Gasteiger partial charge in [-0.1, -0.05) is 0 Å². The molecule has 0 radical (unpaired) electrons. The highest BCUT2D eigenvalue weighted by molar-refractivity contribution is 7.13. The third-order valence-electron chi connectivity index (χ3n) is 3.67. The van der Waals surface area contributed by atoms with Crippen LogP contribution in [-0.4, -0.2) is 29.3 Å². The molecule has 1 amide bonds. The second-order valence-electron chi connectivity index (χ2n) is 5.80. The summed E-state index contributed by atoms with van der Waals surface area (Å²) in [6.45, 7) is 0.959. The fourth-order valence-electron chi connectivity index (χ4n) is 2.32. The van der Waals surface area contributed by atoms with E-state index in [1.165, 1.54) is 47.9 Å². The summed E-state index contributed by atoms with van der Waals surface area (Å²) < 4.78 is 18.0. The number of halogens is 1. The van der Waals surface area contributed by atoms with Gasteiger partial charge in [-0.25, -0.2) is 14.2 Å². The molecule has 3 rings (SSSR count). The van der Waals surface area contributed by atoms with Crippen molar-refractivity contribution in [1.29, 1.82) is 0 Å². The molecule has 1 aromatic heterocycles. The Labute approximate surface area is 164 Å². The number of Topliss-reactive ketones (excluding diaryl/α,β-unsaturated/α-hetero) is 1. The molecule has 8 heteroatoms. The summed E-state index contributed by atoms with van der Waals surface area (Å²) in [6.07, 6.45) is 0. The molecule has 1 N–H and O–H groups in total. The van der Waals surface area contributed by atoms with Crippen molar-refractivity contribution in [3.63, 3.8) is 0 Å². The SMILES string of the molecule is CC(=O)Nc1ccc(C(=O)COC(=O)c2csc(-c3ccc(F)cc3)n2)cc1. The van der Waals surface area contributed by atoms with Gasteiger partial charge in [0.25, 0.3) is 0 Å². The standard InChI is InChI=1S/C20H15FN2O4S/c1-12(24)22-16-8-4-13(5-9-16)18(25)10-27-20(26)17-11-28-19(23-17)14-2-6-15(21)7-3-14/h2-9,11H,10H2,1H3,(H,22,24). The van der Waals surface area contributed by atoms with E-state index in [1.54, 1.807) is 24.3 Å². The van der Waals surface area contributed by atoms with Crippen molar-refractivity contribution in [3.8, 4) is 10.6 Å². The maximum absolute atomic E-state index is 13.0. The first-order valence-electron chi connectivity index (χ1n) is 8.22. The fourth-order valence-corrected chi connectivity index (χ4v) is 3.12. The maximum atomic E-state index is 13.0. The number of esters is 1. The molecule has 0 saturated heterocycles. The van der Waals surface area contributed by atoms with E-state index in [4.69, 9.17) is 4.74 Å². The molecule has 0 aliphatic heterocycles. The number of rotatable bonds is 6. The van der Waals surface area contributed by atoms with Crippen molar-refractivity contribution < 1.29 is 23.5 Å². The molecule has 28 heavy (non-hydrogen) atoms. The molecule has 0 unspecified atom stereocenters. The molecule has 0 saturated carbocycles. The van der Waals surface area contributed by atoms with E-state index in [-0.39, 0.29) is 23.2 Å². The van der Waals surface area contributed by atoms with Crippen LogP contribution in [-0.2, 0) is 9.53 Å². The number of carbonyl (C=O) groups excluding carboxylic acids is 3. The number of carbonyl (C=O) groups is 3. The fraction of sp³-hybridized carbons (Fsp3) is 0.100. The largest absolute Gasteiger partial charge is 0.453 e. The van der Waals surface area contributed by atoms with Gasteiger partial charge in [0, 0.05) is 29.1 Å². The molecular formula is C20H15FN2O4S. The zero-order valence-electron chi connectivity index (χ0n) is 14.8. The normalized spacial score (nSPS) is 10.4. The monoisotopic (exact) mass is 398 g/mol. The third-order valence-corrected chi connectivity index (χ3v) is 4.56. The van der Waals surface area contributed by atoms with Gasteiger partial charge in [0.05, 0.1) is 0 Å². The summed E-state index contributed by atoms with van der Waals surface area (Å²) in [4.78, 5) is 39.4. The van der Waals surface area contributed by atoms with Gasteiger partial charge in [0.15, 0.2) is 18.1 Å². The summed E-state index contributed by atoms with van der Waals surface area (Å²) in [5.74, 6) is -1.66. The van der Waals surface area contributed by atoms with Crippen molar-refractivity contribution in [2.24, 2.45) is 0 Å². The van der Waals surface area contributed by atoms with Crippen LogP contribution in [0.15, 0.2) is 53.9 Å². The highest BCUT2D eigenvalue weighted by Crippen LogP contribution is 2.24. The molecule has 6 nitrogen and oxygen atoms in total. The Balaban J connectivity index is 1.58. The van der Waals surface area contributed by atoms with Gasteiger partial charge in [-0.3, -0.25) is 9.59 Å². The molecule has 0 atom stereocenters. The minimum Gasteiger partial charge on any atom is -0.453 e. The Morgan fingerprint density at radius 2 is 1.75 bits per heavy atom. The van der Waals surface area contributed by atoms with Crippen LogP contribution in [0.1, 0.15) is 27.8 Å². The summed E-state index contributed by atoms with van der Waals surface area (Å²) in [5.41, 5.74) is 1.68. The zero-order valence-corrected chi connectivity index (χ0v) is 15.6. The van der Waals surface area contributed by atoms with E-state index in [2.05, 4.69) is 10.3 Å². The van der Waals surface area contributed by atoms with Gasteiger partial charge < -0.3 is 10.1 Å². The topological polar surface area (TPSA) is 85.4 Å². The average molecular weight is 398 g/mol. The number of ether oxygens (including phenoxy) is 1. The second-order valence-corrected chi connectivity index (χ2v) is 6.66. The molecule has 0 aliphatic rings. The maximum Gasteiger partial charge on any atom is 0.358 e. The molecular weight excluding hydrogens is 383 g/mol. The van der Waals surface area contributed by atoms with Crippen LogP contribution in [0.5, 0.6) is 0 Å². The van der Waals surface area contributed by atoms with E-state index in [1.807, 2.05) is 0 Å². The van der Waals surface area contributed by atoms with Gasteiger partial charge in [0.2, 0.25) is 5.91 Å². The average Bonchev–Trinajstić information content (AvgIpc) is 3.17. The van der Waals surface area contributed by atoms with Crippen LogP contribution in [0.4, 0.5) is 10.1 Å². The van der Waals surface area contributed by atoms with Crippen LogP contribution in [0.3, 0.4) is 0 Å². The van der Waals surface area contributed by atoms with E-state index in [0.29, 0.717) is 21.8 Å². The minimum absolute atomic E-state index is 0.0816. The number of benzene rings is 2. The van der Waals surface area contributed by atoms with Crippen LogP contribution in [0.2, 0.25) is 0 Å². The number of anilines is 1. The van der Waals surface area contributed by atoms with Crippen molar-refractivity contribution in [3.05, 3.63) is 71.0 Å². The number of amides is 1. The van der Waals surface area contributed by atoms with Crippen LogP contribution >= 0.6 is 11.3 Å². The summed E-state index contributed by atoms with van der Waals surface area (Å²) >= 11 is 1.22. The van der Waals surface area contributed by atoms with Crippen molar-refractivity contribution >= 4 is 34.7 Å². The molecule has 2 aromatic carbocycles. The summed E-state index contributed by atoms with van der Waals surface area (Å²) in [6, 6.07) is 12.0. The number of thiazole rings is 1. The lowest BCUT2D eigenvalue weighted by Crippen LogP contribution is -2.14. The zero-order chi connectivity index (χ0) is 20.1. The quantitative estimate of drug-likeness (QED) is 0.502. The van der Waals surface area contributed by atoms with Crippen LogP contribution in [0, 0.1) is 5.82 Å². The lowest BCUT2D eigenvalue weighted by atomic mass is 10.1. The van der Waals surface area contributed by atoms with Crippen molar-refractivity contribution in [1.82, 2.24) is 4.98 Å². The molecule has 3 aromatic rings. The number of hydrogen-bond donors (Lipinski definition) is 1.